The molecule has 0 aliphatic rings. The van der Waals surface area contributed by atoms with Crippen LogP contribution in [0.1, 0.15) is 39.2 Å². The molecule has 0 heterocycles. The van der Waals surface area contributed by atoms with Gasteiger partial charge in [-0.05, 0) is 67.8 Å². The van der Waals surface area contributed by atoms with E-state index in [9.17, 15) is 18.0 Å². The van der Waals surface area contributed by atoms with Gasteiger partial charge in [0.15, 0.2) is 0 Å². The number of benzene rings is 3. The fraction of sp³-hybridized carbons (Fsp3) is 0.310. The highest BCUT2D eigenvalue weighted by molar-refractivity contribution is 7.92. The summed E-state index contributed by atoms with van der Waals surface area (Å²) in [7, 11) is -4.18. The topological polar surface area (TPSA) is 86.8 Å². The van der Waals surface area contributed by atoms with Crippen molar-refractivity contribution in [3.63, 3.8) is 0 Å². The summed E-state index contributed by atoms with van der Waals surface area (Å²) >= 11 is 18.7. The molecule has 40 heavy (non-hydrogen) atoms. The zero-order valence-corrected chi connectivity index (χ0v) is 25.6. The summed E-state index contributed by atoms with van der Waals surface area (Å²) in [5, 5.41) is 4.00. The van der Waals surface area contributed by atoms with Gasteiger partial charge in [-0.15, -0.1) is 0 Å². The Hall–Kier alpha value is -2.78. The zero-order chi connectivity index (χ0) is 29.4. The fourth-order valence-corrected chi connectivity index (χ4v) is 6.15. The van der Waals surface area contributed by atoms with Gasteiger partial charge in [0.05, 0.1) is 10.6 Å². The highest BCUT2D eigenvalue weighted by Crippen LogP contribution is 2.28. The lowest BCUT2D eigenvalue weighted by atomic mass is 10.1. The molecule has 0 unspecified atom stereocenters. The Bertz CT molecular complexity index is 1440. The second kappa shape index (κ2) is 14.2. The molecule has 3 aromatic rings. The lowest BCUT2D eigenvalue weighted by Crippen LogP contribution is -2.53. The highest BCUT2D eigenvalue weighted by atomic mass is 35.5. The predicted molar refractivity (Wildman–Crippen MR) is 161 cm³/mol. The molecule has 0 bridgehead atoms. The number of nitrogens with zero attached hydrogens (tertiary/aromatic N) is 2. The number of amides is 2. The molecule has 214 valence electrons. The van der Waals surface area contributed by atoms with Crippen LogP contribution >= 0.6 is 34.8 Å². The number of rotatable bonds is 12. The summed E-state index contributed by atoms with van der Waals surface area (Å²) in [5.41, 5.74) is 0.778. The van der Waals surface area contributed by atoms with Crippen LogP contribution in [0, 0.1) is 0 Å². The van der Waals surface area contributed by atoms with Gasteiger partial charge in [0.1, 0.15) is 12.6 Å². The molecule has 2 atom stereocenters. The maximum Gasteiger partial charge on any atom is 0.264 e. The van der Waals surface area contributed by atoms with Gasteiger partial charge in [0, 0.05) is 27.7 Å². The standard InChI is InChI=1S/C29H32Cl3N3O4S/c1-4-20(3)33-29(37)27(5-2)34(18-21-14-15-23(31)17-26(21)32)28(36)19-35(24-11-9-10-22(30)16-24)40(38,39)25-12-7-6-8-13-25/h6-17,20,27H,4-5,18-19H2,1-3H3,(H,33,37)/t20-,27+/m0/s1. The maximum atomic E-state index is 14.1. The molecule has 0 aliphatic heterocycles. The fourth-order valence-electron chi connectivity index (χ4n) is 4.07. The van der Waals surface area contributed by atoms with Gasteiger partial charge in [0.25, 0.3) is 10.0 Å². The average Bonchev–Trinajstić information content (AvgIpc) is 2.92. The number of sulfonamides is 1. The molecular weight excluding hydrogens is 593 g/mol. The molecule has 3 rings (SSSR count). The first kappa shape index (κ1) is 31.7. The Morgan fingerprint density at radius 3 is 2.15 bits per heavy atom. The van der Waals surface area contributed by atoms with Gasteiger partial charge in [-0.2, -0.15) is 0 Å². The second-order valence-electron chi connectivity index (χ2n) is 9.30. The van der Waals surface area contributed by atoms with E-state index in [-0.39, 0.29) is 29.1 Å². The number of anilines is 1. The van der Waals surface area contributed by atoms with Gasteiger partial charge >= 0.3 is 0 Å². The van der Waals surface area contributed by atoms with E-state index in [4.69, 9.17) is 34.8 Å². The Labute approximate surface area is 251 Å². The van der Waals surface area contributed by atoms with Gasteiger partial charge in [0.2, 0.25) is 11.8 Å². The third-order valence-electron chi connectivity index (χ3n) is 6.45. The molecule has 7 nitrogen and oxygen atoms in total. The predicted octanol–water partition coefficient (Wildman–Crippen LogP) is 6.56. The summed E-state index contributed by atoms with van der Waals surface area (Å²) in [4.78, 5) is 28.8. The van der Waals surface area contributed by atoms with Crippen LogP contribution in [0.5, 0.6) is 0 Å². The summed E-state index contributed by atoms with van der Waals surface area (Å²) in [6.45, 7) is 5.01. The minimum Gasteiger partial charge on any atom is -0.352 e. The van der Waals surface area contributed by atoms with E-state index >= 15 is 0 Å². The Kier molecular flexibility index (Phi) is 11.3. The van der Waals surface area contributed by atoms with Crippen molar-refractivity contribution in [3.8, 4) is 0 Å². The number of halogens is 3. The molecule has 0 saturated carbocycles. The van der Waals surface area contributed by atoms with Crippen LogP contribution in [0.25, 0.3) is 0 Å². The molecule has 0 spiro atoms. The first-order valence-electron chi connectivity index (χ1n) is 12.8. The normalized spacial score (nSPS) is 12.8. The number of nitrogens with one attached hydrogen (secondary N) is 1. The van der Waals surface area contributed by atoms with Crippen LogP contribution in [-0.2, 0) is 26.2 Å². The SMILES string of the molecule is CC[C@H](C(=O)N[C@@H](C)CC)N(Cc1ccc(Cl)cc1Cl)C(=O)CN(c1cccc(Cl)c1)S(=O)(=O)c1ccccc1. The van der Waals surface area contributed by atoms with Crippen molar-refractivity contribution < 1.29 is 18.0 Å². The molecule has 1 N–H and O–H groups in total. The van der Waals surface area contributed by atoms with E-state index < -0.39 is 28.5 Å². The molecule has 0 aliphatic carbocycles. The van der Waals surface area contributed by atoms with E-state index in [1.165, 1.54) is 23.1 Å². The highest BCUT2D eigenvalue weighted by Gasteiger charge is 2.34. The first-order valence-corrected chi connectivity index (χ1v) is 15.4. The van der Waals surface area contributed by atoms with Crippen molar-refractivity contribution >= 4 is 62.3 Å². The van der Waals surface area contributed by atoms with Crippen molar-refractivity contribution in [1.29, 1.82) is 0 Å². The van der Waals surface area contributed by atoms with Crippen molar-refractivity contribution in [2.24, 2.45) is 0 Å². The zero-order valence-electron chi connectivity index (χ0n) is 22.5. The minimum atomic E-state index is -4.18. The molecular formula is C29H32Cl3N3O4S. The molecule has 3 aromatic carbocycles. The van der Waals surface area contributed by atoms with Crippen LogP contribution in [0.4, 0.5) is 5.69 Å². The van der Waals surface area contributed by atoms with Crippen molar-refractivity contribution in [1.82, 2.24) is 10.2 Å². The smallest absolute Gasteiger partial charge is 0.264 e. The number of carbonyl (C=O) groups is 2. The van der Waals surface area contributed by atoms with E-state index in [0.717, 1.165) is 4.31 Å². The molecule has 0 saturated heterocycles. The molecule has 2 amide bonds. The van der Waals surface area contributed by atoms with Crippen LogP contribution < -0.4 is 9.62 Å². The molecule has 0 radical (unpaired) electrons. The molecule has 0 fully saturated rings. The van der Waals surface area contributed by atoms with Crippen LogP contribution in [0.2, 0.25) is 15.1 Å². The van der Waals surface area contributed by atoms with E-state index in [1.807, 2.05) is 13.8 Å². The van der Waals surface area contributed by atoms with Gasteiger partial charge < -0.3 is 10.2 Å². The average molecular weight is 625 g/mol. The van der Waals surface area contributed by atoms with Crippen LogP contribution in [-0.4, -0.2) is 43.8 Å². The Balaban J connectivity index is 2.07. The summed E-state index contributed by atoms with van der Waals surface area (Å²) in [6, 6.07) is 18.0. The van der Waals surface area contributed by atoms with E-state index in [1.54, 1.807) is 61.5 Å². The third-order valence-corrected chi connectivity index (χ3v) is 9.06. The Morgan fingerprint density at radius 2 is 1.55 bits per heavy atom. The number of hydrogen-bond acceptors (Lipinski definition) is 4. The maximum absolute atomic E-state index is 14.1. The van der Waals surface area contributed by atoms with Crippen molar-refractivity contribution in [2.75, 3.05) is 10.8 Å². The third kappa shape index (κ3) is 7.91. The summed E-state index contributed by atoms with van der Waals surface area (Å²) < 4.78 is 28.6. The quantitative estimate of drug-likeness (QED) is 0.247. The van der Waals surface area contributed by atoms with Gasteiger partial charge in [-0.25, -0.2) is 8.42 Å². The van der Waals surface area contributed by atoms with Crippen LogP contribution in [0.3, 0.4) is 0 Å². The monoisotopic (exact) mass is 623 g/mol. The molecule has 11 heteroatoms. The number of hydrogen-bond donors (Lipinski definition) is 1. The van der Waals surface area contributed by atoms with Crippen molar-refractivity contribution in [2.45, 2.75) is 57.1 Å². The van der Waals surface area contributed by atoms with Gasteiger partial charge in [-0.1, -0.05) is 79.0 Å². The van der Waals surface area contributed by atoms with E-state index in [2.05, 4.69) is 5.32 Å². The lowest BCUT2D eigenvalue weighted by molar-refractivity contribution is -0.140. The van der Waals surface area contributed by atoms with Crippen LogP contribution in [0.15, 0.2) is 77.7 Å². The number of carbonyl (C=O) groups excluding carboxylic acids is 2. The lowest BCUT2D eigenvalue weighted by Gasteiger charge is -2.34. The molecule has 0 aromatic heterocycles. The van der Waals surface area contributed by atoms with E-state index in [0.29, 0.717) is 33.5 Å². The first-order chi connectivity index (χ1) is 19.0. The minimum absolute atomic E-state index is 0.0108. The van der Waals surface area contributed by atoms with Crippen molar-refractivity contribution in [3.05, 3.63) is 93.4 Å². The summed E-state index contributed by atoms with van der Waals surface area (Å²) in [6.07, 6.45) is 0.999. The Morgan fingerprint density at radius 1 is 0.875 bits per heavy atom. The largest absolute Gasteiger partial charge is 0.352 e. The second-order valence-corrected chi connectivity index (χ2v) is 12.4. The summed E-state index contributed by atoms with van der Waals surface area (Å²) in [5.74, 6) is -0.924. The van der Waals surface area contributed by atoms with Gasteiger partial charge in [-0.3, -0.25) is 13.9 Å².